The molecular weight excluding hydrogens is 502 g/mol. The van der Waals surface area contributed by atoms with Crippen molar-refractivity contribution in [2.75, 3.05) is 18.0 Å². The number of hydrogen-bond acceptors (Lipinski definition) is 5. The number of rotatable bonds is 17. The van der Waals surface area contributed by atoms with Gasteiger partial charge in [-0.05, 0) is 98.2 Å². The van der Waals surface area contributed by atoms with Gasteiger partial charge in [-0.3, -0.25) is 0 Å². The lowest BCUT2D eigenvalue weighted by molar-refractivity contribution is 0.403. The van der Waals surface area contributed by atoms with Crippen molar-refractivity contribution in [1.82, 2.24) is 0 Å². The van der Waals surface area contributed by atoms with Gasteiger partial charge in [0.2, 0.25) is 0 Å². The van der Waals surface area contributed by atoms with Crippen LogP contribution in [-0.2, 0) is 0 Å². The molecule has 0 aliphatic rings. The lowest BCUT2D eigenvalue weighted by atomic mass is 9.95. The molecule has 3 aromatic rings. The summed E-state index contributed by atoms with van der Waals surface area (Å²) in [5.41, 5.74) is 6.89. The highest BCUT2D eigenvalue weighted by atomic mass is 15.1. The molecule has 0 amide bonds. The summed E-state index contributed by atoms with van der Waals surface area (Å²) in [4.78, 5) is 2.66. The van der Waals surface area contributed by atoms with Crippen molar-refractivity contribution >= 4 is 28.4 Å². The summed E-state index contributed by atoms with van der Waals surface area (Å²) in [6.07, 6.45) is 10.3. The molecule has 0 aromatic heterocycles. The maximum atomic E-state index is 4.63. The Kier molecular flexibility index (Phi) is 13.7. The number of unbranched alkanes of at least 4 members (excludes halogenated alkanes) is 2. The zero-order valence-electron chi connectivity index (χ0n) is 26.3. The van der Waals surface area contributed by atoms with Gasteiger partial charge in [0.1, 0.15) is 0 Å². The fourth-order valence-electron chi connectivity index (χ4n) is 5.22. The Morgan fingerprint density at radius 1 is 0.585 bits per heavy atom. The molecule has 0 bridgehead atoms. The highest BCUT2D eigenvalue weighted by molar-refractivity contribution is 5.58. The van der Waals surface area contributed by atoms with Gasteiger partial charge in [-0.15, -0.1) is 0 Å². The van der Waals surface area contributed by atoms with Gasteiger partial charge in [-0.2, -0.15) is 20.5 Å². The highest BCUT2D eigenvalue weighted by Gasteiger charge is 2.18. The summed E-state index contributed by atoms with van der Waals surface area (Å²) in [6.45, 7) is 15.7. The van der Waals surface area contributed by atoms with Crippen molar-refractivity contribution in [2.24, 2.45) is 32.3 Å². The van der Waals surface area contributed by atoms with E-state index in [4.69, 9.17) is 0 Å². The fraction of sp³-hybridized carbons (Fsp3) is 0.500. The van der Waals surface area contributed by atoms with E-state index in [1.165, 1.54) is 57.1 Å². The molecule has 0 saturated carbocycles. The van der Waals surface area contributed by atoms with Crippen LogP contribution in [0.3, 0.4) is 0 Å². The maximum Gasteiger partial charge on any atom is 0.0887 e. The van der Waals surface area contributed by atoms with Gasteiger partial charge >= 0.3 is 0 Å². The van der Waals surface area contributed by atoms with E-state index in [0.29, 0.717) is 0 Å². The Balaban J connectivity index is 1.76. The second-order valence-corrected chi connectivity index (χ2v) is 11.4. The van der Waals surface area contributed by atoms with Gasteiger partial charge < -0.3 is 4.90 Å². The quantitative estimate of drug-likeness (QED) is 0.153. The molecule has 5 heteroatoms. The Bertz CT molecular complexity index is 1220. The molecule has 0 aliphatic heterocycles. The maximum absolute atomic E-state index is 4.63. The van der Waals surface area contributed by atoms with E-state index in [2.05, 4.69) is 78.2 Å². The van der Waals surface area contributed by atoms with Crippen molar-refractivity contribution in [3.8, 4) is 0 Å². The van der Waals surface area contributed by atoms with Crippen molar-refractivity contribution in [3.63, 3.8) is 0 Å². The van der Waals surface area contributed by atoms with E-state index in [0.717, 1.165) is 58.8 Å². The van der Waals surface area contributed by atoms with E-state index < -0.39 is 0 Å². The third kappa shape index (κ3) is 10.5. The minimum atomic E-state index is 0.733. The van der Waals surface area contributed by atoms with Crippen LogP contribution in [0, 0.1) is 25.7 Å². The van der Waals surface area contributed by atoms with Crippen molar-refractivity contribution in [3.05, 3.63) is 77.9 Å². The van der Waals surface area contributed by atoms with Gasteiger partial charge in [-0.25, -0.2) is 0 Å². The van der Waals surface area contributed by atoms with Crippen LogP contribution in [0.5, 0.6) is 0 Å². The molecule has 0 saturated heterocycles. The Morgan fingerprint density at radius 3 is 1.63 bits per heavy atom. The topological polar surface area (TPSA) is 52.7 Å². The second kappa shape index (κ2) is 17.5. The van der Waals surface area contributed by atoms with E-state index >= 15 is 0 Å². The minimum absolute atomic E-state index is 0.733. The molecule has 0 aliphatic carbocycles. The van der Waals surface area contributed by atoms with Crippen molar-refractivity contribution in [1.29, 1.82) is 0 Å². The van der Waals surface area contributed by atoms with Crippen LogP contribution >= 0.6 is 0 Å². The summed E-state index contributed by atoms with van der Waals surface area (Å²) in [5, 5.41) is 17.9. The van der Waals surface area contributed by atoms with Crippen LogP contribution in [0.4, 0.5) is 28.4 Å². The Labute approximate surface area is 249 Å². The van der Waals surface area contributed by atoms with Crippen molar-refractivity contribution < 1.29 is 0 Å². The largest absolute Gasteiger partial charge is 0.371 e. The number of aryl methyl sites for hydroxylation is 2. The molecule has 0 radical (unpaired) electrons. The first-order chi connectivity index (χ1) is 20.0. The van der Waals surface area contributed by atoms with Crippen LogP contribution < -0.4 is 4.90 Å². The van der Waals surface area contributed by atoms with E-state index in [1.54, 1.807) is 0 Å². The van der Waals surface area contributed by atoms with Crippen LogP contribution in [-0.4, -0.2) is 13.1 Å². The van der Waals surface area contributed by atoms with Crippen LogP contribution in [0.25, 0.3) is 0 Å². The number of nitrogens with zero attached hydrogens (tertiary/aromatic N) is 5. The first-order valence-electron chi connectivity index (χ1n) is 15.8. The second-order valence-electron chi connectivity index (χ2n) is 11.4. The first kappa shape index (κ1) is 32.2. The molecule has 0 spiro atoms. The number of azo groups is 2. The first-order valence-corrected chi connectivity index (χ1v) is 15.8. The smallest absolute Gasteiger partial charge is 0.0887 e. The molecule has 220 valence electrons. The molecular formula is C36H51N5. The third-order valence-corrected chi connectivity index (χ3v) is 8.07. The molecule has 0 N–H and O–H groups in total. The molecule has 41 heavy (non-hydrogen) atoms. The summed E-state index contributed by atoms with van der Waals surface area (Å²) < 4.78 is 0. The Morgan fingerprint density at radius 2 is 1.12 bits per heavy atom. The van der Waals surface area contributed by atoms with Crippen LogP contribution in [0.2, 0.25) is 0 Å². The fourth-order valence-corrected chi connectivity index (χ4v) is 5.22. The monoisotopic (exact) mass is 553 g/mol. The van der Waals surface area contributed by atoms with Crippen LogP contribution in [0.15, 0.2) is 87.2 Å². The summed E-state index contributed by atoms with van der Waals surface area (Å²) in [7, 11) is 0. The Hall–Kier alpha value is -3.34. The standard InChI is InChI=1S/C36H51N5/c1-7-11-16-30(9-3)26-41(27-31(10-4)17-12-8-2)34-21-23-36(29(6)25-34)40-38-33-20-22-35(28(5)24-33)39-37-32-18-14-13-15-19-32/h13-15,18-25,30-31H,7-12,16-17,26-27H2,1-6H3/b39-37+,40-38+. The van der Waals surface area contributed by atoms with Gasteiger partial charge in [0, 0.05) is 18.8 Å². The molecule has 0 heterocycles. The molecule has 0 fully saturated rings. The average molecular weight is 554 g/mol. The van der Waals surface area contributed by atoms with Gasteiger partial charge in [0.05, 0.1) is 22.7 Å². The van der Waals surface area contributed by atoms with Gasteiger partial charge in [-0.1, -0.05) is 84.4 Å². The van der Waals surface area contributed by atoms with E-state index in [1.807, 2.05) is 55.5 Å². The predicted octanol–water partition coefficient (Wildman–Crippen LogP) is 12.4. The number of hydrogen-bond donors (Lipinski definition) is 0. The molecule has 3 rings (SSSR count). The summed E-state index contributed by atoms with van der Waals surface area (Å²) in [5.74, 6) is 1.47. The SMILES string of the molecule is CCCCC(CC)CN(CC(CC)CCCC)c1ccc(/N=N/c2ccc(/N=N/c3ccccc3)c(C)c2)c(C)c1. The minimum Gasteiger partial charge on any atom is -0.371 e. The van der Waals surface area contributed by atoms with Crippen molar-refractivity contribution in [2.45, 2.75) is 92.9 Å². The number of anilines is 1. The summed E-state index contributed by atoms with van der Waals surface area (Å²) >= 11 is 0. The van der Waals surface area contributed by atoms with E-state index in [-0.39, 0.29) is 0 Å². The average Bonchev–Trinajstić information content (AvgIpc) is 2.99. The van der Waals surface area contributed by atoms with Gasteiger partial charge in [0.15, 0.2) is 0 Å². The zero-order valence-corrected chi connectivity index (χ0v) is 26.3. The lowest BCUT2D eigenvalue weighted by Gasteiger charge is -2.33. The highest BCUT2D eigenvalue weighted by Crippen LogP contribution is 2.31. The lowest BCUT2D eigenvalue weighted by Crippen LogP contribution is -2.34. The molecule has 5 nitrogen and oxygen atoms in total. The number of benzene rings is 3. The van der Waals surface area contributed by atoms with E-state index in [9.17, 15) is 0 Å². The molecule has 2 unspecified atom stereocenters. The summed E-state index contributed by atoms with van der Waals surface area (Å²) in [6, 6.07) is 22.4. The van der Waals surface area contributed by atoms with Gasteiger partial charge in [0.25, 0.3) is 0 Å². The van der Waals surface area contributed by atoms with Crippen LogP contribution in [0.1, 0.15) is 90.2 Å². The molecule has 3 aromatic carbocycles. The zero-order chi connectivity index (χ0) is 29.5. The third-order valence-electron chi connectivity index (χ3n) is 8.07. The predicted molar refractivity (Wildman–Crippen MR) is 176 cm³/mol. The normalized spacial score (nSPS) is 13.2. The molecule has 2 atom stereocenters.